The van der Waals surface area contributed by atoms with E-state index in [0.29, 0.717) is 0 Å². The quantitative estimate of drug-likeness (QED) is 0.567. The minimum absolute atomic E-state index is 0.00251. The molecule has 6 nitrogen and oxygen atoms in total. The van der Waals surface area contributed by atoms with Crippen LogP contribution in [0.2, 0.25) is 0 Å². The summed E-state index contributed by atoms with van der Waals surface area (Å²) >= 11 is 1.61. The molecule has 0 N–H and O–H groups in total. The SMILES string of the molecule is Cc1cnn(C(C)c2nc3c4ccsc4ncn3n2)c1. The lowest BCUT2D eigenvalue weighted by Gasteiger charge is -2.06. The summed E-state index contributed by atoms with van der Waals surface area (Å²) in [6.45, 7) is 4.06. The fraction of sp³-hybridized carbons (Fsp3) is 0.231. The van der Waals surface area contributed by atoms with Crippen LogP contribution in [0.3, 0.4) is 0 Å². The Morgan fingerprint density at radius 2 is 2.25 bits per heavy atom. The lowest BCUT2D eigenvalue weighted by Crippen LogP contribution is -2.09. The summed E-state index contributed by atoms with van der Waals surface area (Å²) in [5.74, 6) is 0.744. The molecule has 0 spiro atoms. The zero-order valence-corrected chi connectivity index (χ0v) is 11.9. The number of hydrogen-bond acceptors (Lipinski definition) is 5. The first-order valence-electron chi connectivity index (χ1n) is 6.31. The highest BCUT2D eigenvalue weighted by Crippen LogP contribution is 2.23. The molecular weight excluding hydrogens is 272 g/mol. The molecule has 20 heavy (non-hydrogen) atoms. The van der Waals surface area contributed by atoms with Crippen LogP contribution in [-0.4, -0.2) is 29.4 Å². The topological polar surface area (TPSA) is 60.9 Å². The van der Waals surface area contributed by atoms with E-state index >= 15 is 0 Å². The standard InChI is InChI=1S/C13H12N6S/c1-8-5-15-18(6-8)9(2)11-16-12-10-3-4-20-13(10)14-7-19(12)17-11/h3-7,9H,1-2H3. The van der Waals surface area contributed by atoms with Gasteiger partial charge in [0, 0.05) is 6.20 Å². The predicted molar refractivity (Wildman–Crippen MR) is 76.9 cm³/mol. The zero-order valence-electron chi connectivity index (χ0n) is 11.1. The minimum atomic E-state index is -0.00251. The van der Waals surface area contributed by atoms with E-state index in [1.165, 1.54) is 0 Å². The third-order valence-corrected chi connectivity index (χ3v) is 4.14. The van der Waals surface area contributed by atoms with E-state index in [1.807, 2.05) is 42.4 Å². The normalized spacial score (nSPS) is 13.3. The maximum absolute atomic E-state index is 4.66. The van der Waals surface area contributed by atoms with Gasteiger partial charge in [-0.3, -0.25) is 4.68 Å². The molecule has 100 valence electrons. The Morgan fingerprint density at radius 3 is 3.05 bits per heavy atom. The maximum Gasteiger partial charge on any atom is 0.176 e. The molecule has 4 heterocycles. The van der Waals surface area contributed by atoms with Crippen LogP contribution in [0.5, 0.6) is 0 Å². The summed E-state index contributed by atoms with van der Waals surface area (Å²) in [7, 11) is 0. The van der Waals surface area contributed by atoms with Crippen LogP contribution in [0.4, 0.5) is 0 Å². The third-order valence-electron chi connectivity index (χ3n) is 3.32. The molecule has 0 saturated carbocycles. The Balaban J connectivity index is 1.87. The van der Waals surface area contributed by atoms with E-state index in [0.717, 1.165) is 27.3 Å². The largest absolute Gasteiger partial charge is 0.262 e. The molecule has 0 amide bonds. The number of nitrogens with zero attached hydrogens (tertiary/aromatic N) is 6. The number of aryl methyl sites for hydroxylation is 1. The van der Waals surface area contributed by atoms with Crippen molar-refractivity contribution in [3.05, 3.63) is 41.6 Å². The lowest BCUT2D eigenvalue weighted by molar-refractivity contribution is 0.536. The van der Waals surface area contributed by atoms with Crippen LogP contribution in [-0.2, 0) is 0 Å². The first-order chi connectivity index (χ1) is 9.72. The molecule has 0 radical (unpaired) electrons. The summed E-state index contributed by atoms with van der Waals surface area (Å²) in [5.41, 5.74) is 1.98. The summed E-state index contributed by atoms with van der Waals surface area (Å²) in [5, 5.41) is 11.9. The van der Waals surface area contributed by atoms with Gasteiger partial charge < -0.3 is 0 Å². The first-order valence-corrected chi connectivity index (χ1v) is 7.19. The first kappa shape index (κ1) is 11.5. The van der Waals surface area contributed by atoms with Crippen LogP contribution in [0.25, 0.3) is 15.9 Å². The smallest absolute Gasteiger partial charge is 0.176 e. The average Bonchev–Trinajstić information content (AvgIpc) is 3.14. The van der Waals surface area contributed by atoms with Crippen LogP contribution in [0.15, 0.2) is 30.2 Å². The highest BCUT2D eigenvalue weighted by molar-refractivity contribution is 7.16. The Kier molecular flexibility index (Phi) is 2.37. The van der Waals surface area contributed by atoms with Gasteiger partial charge in [0.15, 0.2) is 11.5 Å². The van der Waals surface area contributed by atoms with Crippen molar-refractivity contribution in [2.45, 2.75) is 19.9 Å². The van der Waals surface area contributed by atoms with Crippen molar-refractivity contribution in [3.8, 4) is 0 Å². The highest BCUT2D eigenvalue weighted by atomic mass is 32.1. The van der Waals surface area contributed by atoms with Crippen molar-refractivity contribution >= 4 is 27.2 Å². The number of rotatable bonds is 2. The predicted octanol–water partition coefficient (Wildman–Crippen LogP) is 2.45. The second kappa shape index (κ2) is 4.11. The van der Waals surface area contributed by atoms with Crippen LogP contribution in [0.1, 0.15) is 24.4 Å². The number of hydrogen-bond donors (Lipinski definition) is 0. The number of fused-ring (bicyclic) bond motifs is 3. The second-order valence-electron chi connectivity index (χ2n) is 4.80. The fourth-order valence-corrected chi connectivity index (χ4v) is 2.95. The van der Waals surface area contributed by atoms with E-state index in [1.54, 1.807) is 22.2 Å². The highest BCUT2D eigenvalue weighted by Gasteiger charge is 2.16. The molecular formula is C13H12N6S. The summed E-state index contributed by atoms with van der Waals surface area (Å²) in [6, 6.07) is 2.03. The van der Waals surface area contributed by atoms with Gasteiger partial charge in [0.05, 0.1) is 11.6 Å². The molecule has 0 aliphatic rings. The lowest BCUT2D eigenvalue weighted by atomic mass is 10.3. The molecule has 0 saturated heterocycles. The molecule has 1 unspecified atom stereocenters. The van der Waals surface area contributed by atoms with Crippen molar-refractivity contribution < 1.29 is 0 Å². The maximum atomic E-state index is 4.66. The van der Waals surface area contributed by atoms with Gasteiger partial charge in [-0.05, 0) is 30.9 Å². The van der Waals surface area contributed by atoms with E-state index in [9.17, 15) is 0 Å². The van der Waals surface area contributed by atoms with Gasteiger partial charge in [-0.1, -0.05) is 0 Å². The fourth-order valence-electron chi connectivity index (χ4n) is 2.22. The molecule has 1 atom stereocenters. The summed E-state index contributed by atoms with van der Waals surface area (Å²) < 4.78 is 3.61. The van der Waals surface area contributed by atoms with Crippen LogP contribution >= 0.6 is 11.3 Å². The van der Waals surface area contributed by atoms with Crippen molar-refractivity contribution in [3.63, 3.8) is 0 Å². The molecule has 0 aliphatic carbocycles. The molecule has 0 aromatic carbocycles. The van der Waals surface area contributed by atoms with Gasteiger partial charge >= 0.3 is 0 Å². The Hall–Kier alpha value is -2.28. The van der Waals surface area contributed by atoms with Crippen LogP contribution in [0, 0.1) is 6.92 Å². The summed E-state index contributed by atoms with van der Waals surface area (Å²) in [4.78, 5) is 10.0. The van der Waals surface area contributed by atoms with Gasteiger partial charge in [0.2, 0.25) is 0 Å². The molecule has 4 aromatic rings. The van der Waals surface area contributed by atoms with Gasteiger partial charge in [0.25, 0.3) is 0 Å². The monoisotopic (exact) mass is 284 g/mol. The molecule has 0 fully saturated rings. The average molecular weight is 284 g/mol. The van der Waals surface area contributed by atoms with Crippen molar-refractivity contribution in [2.75, 3.05) is 0 Å². The van der Waals surface area contributed by atoms with Gasteiger partial charge in [-0.15, -0.1) is 16.4 Å². The number of aromatic nitrogens is 6. The molecule has 4 rings (SSSR count). The molecule has 4 aromatic heterocycles. The summed E-state index contributed by atoms with van der Waals surface area (Å²) in [6.07, 6.45) is 5.55. The van der Waals surface area contributed by atoms with E-state index in [-0.39, 0.29) is 6.04 Å². The van der Waals surface area contributed by atoms with Crippen LogP contribution < -0.4 is 0 Å². The van der Waals surface area contributed by atoms with Crippen molar-refractivity contribution in [2.24, 2.45) is 0 Å². The molecule has 0 bridgehead atoms. The Morgan fingerprint density at radius 1 is 1.35 bits per heavy atom. The van der Waals surface area contributed by atoms with E-state index in [4.69, 9.17) is 0 Å². The van der Waals surface area contributed by atoms with Gasteiger partial charge in [-0.25, -0.2) is 14.5 Å². The Bertz CT molecular complexity index is 902. The number of thiophene rings is 1. The molecule has 0 aliphatic heterocycles. The Labute approximate surface area is 118 Å². The van der Waals surface area contributed by atoms with E-state index in [2.05, 4.69) is 20.2 Å². The van der Waals surface area contributed by atoms with Crippen molar-refractivity contribution in [1.82, 2.24) is 29.4 Å². The minimum Gasteiger partial charge on any atom is -0.262 e. The zero-order chi connectivity index (χ0) is 13.7. The van der Waals surface area contributed by atoms with Crippen molar-refractivity contribution in [1.29, 1.82) is 0 Å². The van der Waals surface area contributed by atoms with E-state index < -0.39 is 0 Å². The second-order valence-corrected chi connectivity index (χ2v) is 5.69. The van der Waals surface area contributed by atoms with Gasteiger partial charge in [-0.2, -0.15) is 5.10 Å². The molecule has 7 heteroatoms. The third kappa shape index (κ3) is 1.63. The van der Waals surface area contributed by atoms with Gasteiger partial charge in [0.1, 0.15) is 17.2 Å².